The van der Waals surface area contributed by atoms with Gasteiger partial charge in [-0.15, -0.1) is 0 Å². The molecule has 0 aliphatic heterocycles. The van der Waals surface area contributed by atoms with Crippen molar-refractivity contribution in [1.29, 1.82) is 0 Å². The number of fused-ring (bicyclic) bond motifs is 1. The van der Waals surface area contributed by atoms with Crippen molar-refractivity contribution in [2.24, 2.45) is 0 Å². The van der Waals surface area contributed by atoms with E-state index >= 15 is 0 Å². The zero-order valence-electron chi connectivity index (χ0n) is 11.5. The number of allylic oxidation sites excluding steroid dienone is 1. The summed E-state index contributed by atoms with van der Waals surface area (Å²) in [6.45, 7) is 5.12. The van der Waals surface area contributed by atoms with Crippen LogP contribution in [0.5, 0.6) is 5.75 Å². The van der Waals surface area contributed by atoms with E-state index in [1.807, 2.05) is 6.07 Å². The van der Waals surface area contributed by atoms with Gasteiger partial charge in [-0.05, 0) is 61.3 Å². The van der Waals surface area contributed by atoms with Gasteiger partial charge in [0, 0.05) is 6.54 Å². The summed E-state index contributed by atoms with van der Waals surface area (Å²) in [5.41, 5.74) is 5.17. The number of nitrogens with zero attached hydrogens (tertiary/aromatic N) is 1. The van der Waals surface area contributed by atoms with Crippen LogP contribution in [-0.2, 0) is 6.42 Å². The third-order valence-electron chi connectivity index (χ3n) is 3.25. The topological polar surface area (TPSA) is 12.5 Å². The quantitative estimate of drug-likeness (QED) is 0.805. The van der Waals surface area contributed by atoms with Gasteiger partial charge in [0.1, 0.15) is 5.75 Å². The van der Waals surface area contributed by atoms with E-state index in [0.29, 0.717) is 0 Å². The molecule has 0 radical (unpaired) electrons. The second-order valence-electron chi connectivity index (χ2n) is 5.02. The summed E-state index contributed by atoms with van der Waals surface area (Å²) in [7, 11) is 5.86. The molecule has 0 atom stereocenters. The van der Waals surface area contributed by atoms with Crippen LogP contribution in [0.4, 0.5) is 0 Å². The zero-order valence-corrected chi connectivity index (χ0v) is 11.5. The van der Waals surface area contributed by atoms with Crippen LogP contribution in [0.1, 0.15) is 17.5 Å². The van der Waals surface area contributed by atoms with Gasteiger partial charge in [-0.3, -0.25) is 0 Å². The minimum absolute atomic E-state index is 0.900. The highest BCUT2D eigenvalue weighted by Crippen LogP contribution is 2.33. The van der Waals surface area contributed by atoms with Gasteiger partial charge in [0.05, 0.1) is 7.11 Å². The smallest absolute Gasteiger partial charge is 0.119 e. The van der Waals surface area contributed by atoms with Crippen LogP contribution < -0.4 is 4.74 Å². The third-order valence-corrected chi connectivity index (χ3v) is 3.25. The molecule has 0 heterocycles. The minimum Gasteiger partial charge on any atom is -0.497 e. The Kier molecular flexibility index (Phi) is 3.87. The first-order valence-corrected chi connectivity index (χ1v) is 6.32. The number of hydrogen-bond acceptors (Lipinski definition) is 2. The molecule has 0 saturated carbocycles. The van der Waals surface area contributed by atoms with E-state index < -0.39 is 0 Å². The largest absolute Gasteiger partial charge is 0.497 e. The summed E-state index contributed by atoms with van der Waals surface area (Å²) in [6, 6.07) is 6.33. The van der Waals surface area contributed by atoms with E-state index in [0.717, 1.165) is 25.1 Å². The van der Waals surface area contributed by atoms with Crippen molar-refractivity contribution in [3.8, 4) is 5.75 Å². The van der Waals surface area contributed by atoms with Crippen molar-refractivity contribution in [2.45, 2.75) is 12.8 Å². The Morgan fingerprint density at radius 1 is 1.39 bits per heavy atom. The van der Waals surface area contributed by atoms with Gasteiger partial charge >= 0.3 is 0 Å². The Balaban J connectivity index is 2.31. The van der Waals surface area contributed by atoms with Crippen LogP contribution >= 0.6 is 0 Å². The normalized spacial score (nSPS) is 14.1. The van der Waals surface area contributed by atoms with E-state index in [2.05, 4.69) is 43.8 Å². The van der Waals surface area contributed by atoms with Crippen LogP contribution in [0.25, 0.3) is 5.57 Å². The molecule has 0 amide bonds. The van der Waals surface area contributed by atoms with Gasteiger partial charge in [0.15, 0.2) is 0 Å². The first kappa shape index (κ1) is 12.9. The molecule has 0 aromatic heterocycles. The van der Waals surface area contributed by atoms with Gasteiger partial charge < -0.3 is 9.64 Å². The fourth-order valence-electron chi connectivity index (χ4n) is 2.45. The van der Waals surface area contributed by atoms with Gasteiger partial charge in [-0.2, -0.15) is 0 Å². The Labute approximate surface area is 110 Å². The molecule has 2 rings (SSSR count). The Hall–Kier alpha value is -1.54. The van der Waals surface area contributed by atoms with Gasteiger partial charge in [0.25, 0.3) is 0 Å². The third kappa shape index (κ3) is 2.65. The lowest BCUT2D eigenvalue weighted by molar-refractivity contribution is 0.414. The van der Waals surface area contributed by atoms with Gasteiger partial charge in [-0.25, -0.2) is 0 Å². The van der Waals surface area contributed by atoms with E-state index in [1.54, 1.807) is 7.11 Å². The fraction of sp³-hybridized carbons (Fsp3) is 0.375. The molecule has 0 N–H and O–H groups in total. The number of ether oxygens (including phenoxy) is 1. The van der Waals surface area contributed by atoms with Crippen LogP contribution in [0.2, 0.25) is 0 Å². The van der Waals surface area contributed by atoms with Gasteiger partial charge in [0.2, 0.25) is 0 Å². The zero-order chi connectivity index (χ0) is 13.1. The number of aryl methyl sites for hydroxylation is 1. The number of benzene rings is 1. The number of hydrogen-bond donors (Lipinski definition) is 0. The van der Waals surface area contributed by atoms with Gasteiger partial charge in [-0.1, -0.05) is 18.7 Å². The molecular formula is C16H21NO. The van der Waals surface area contributed by atoms with Crippen molar-refractivity contribution >= 4 is 5.57 Å². The van der Waals surface area contributed by atoms with E-state index in [9.17, 15) is 0 Å². The van der Waals surface area contributed by atoms with Crippen molar-refractivity contribution in [3.05, 3.63) is 47.6 Å². The summed E-state index contributed by atoms with van der Waals surface area (Å²) in [6.07, 6.45) is 4.48. The molecule has 1 aromatic rings. The SMILES string of the molecule is C=C(CN(C)C)C1=CCCc2cc(OC)ccc21. The van der Waals surface area contributed by atoms with Crippen LogP contribution in [-0.4, -0.2) is 32.6 Å². The van der Waals surface area contributed by atoms with Crippen LogP contribution in [0.3, 0.4) is 0 Å². The maximum Gasteiger partial charge on any atom is 0.119 e. The average Bonchev–Trinajstić information content (AvgIpc) is 2.36. The van der Waals surface area contributed by atoms with Crippen molar-refractivity contribution in [2.75, 3.05) is 27.7 Å². The molecule has 1 aliphatic rings. The minimum atomic E-state index is 0.900. The predicted molar refractivity (Wildman–Crippen MR) is 77.0 cm³/mol. The molecule has 18 heavy (non-hydrogen) atoms. The lowest BCUT2D eigenvalue weighted by Crippen LogP contribution is -2.16. The molecule has 1 aliphatic carbocycles. The molecule has 0 saturated heterocycles. The molecule has 1 aromatic carbocycles. The second kappa shape index (κ2) is 5.40. The van der Waals surface area contributed by atoms with Crippen LogP contribution in [0.15, 0.2) is 36.4 Å². The highest BCUT2D eigenvalue weighted by atomic mass is 16.5. The lowest BCUT2D eigenvalue weighted by atomic mass is 9.87. The van der Waals surface area contributed by atoms with Crippen molar-refractivity contribution in [1.82, 2.24) is 4.90 Å². The summed E-state index contributed by atoms with van der Waals surface area (Å²) < 4.78 is 5.29. The Morgan fingerprint density at radius 2 is 2.17 bits per heavy atom. The number of methoxy groups -OCH3 is 1. The summed E-state index contributed by atoms with van der Waals surface area (Å²) >= 11 is 0. The second-order valence-corrected chi connectivity index (χ2v) is 5.02. The molecule has 96 valence electrons. The average molecular weight is 243 g/mol. The molecule has 2 heteroatoms. The number of likely N-dealkylation sites (N-methyl/N-ethyl adjacent to an activating group) is 1. The van der Waals surface area contributed by atoms with Crippen LogP contribution in [0, 0.1) is 0 Å². The molecule has 0 spiro atoms. The fourth-order valence-corrected chi connectivity index (χ4v) is 2.45. The first-order chi connectivity index (χ1) is 8.61. The Morgan fingerprint density at radius 3 is 2.83 bits per heavy atom. The predicted octanol–water partition coefficient (Wildman–Crippen LogP) is 3.14. The van der Waals surface area contributed by atoms with E-state index in [4.69, 9.17) is 4.74 Å². The molecule has 2 nitrogen and oxygen atoms in total. The maximum atomic E-state index is 5.29. The monoisotopic (exact) mass is 243 g/mol. The summed E-state index contributed by atoms with van der Waals surface area (Å²) in [5, 5.41) is 0. The highest BCUT2D eigenvalue weighted by Gasteiger charge is 2.15. The van der Waals surface area contributed by atoms with E-state index in [-0.39, 0.29) is 0 Å². The Bertz CT molecular complexity index is 486. The maximum absolute atomic E-state index is 5.29. The molecule has 0 bridgehead atoms. The summed E-state index contributed by atoms with van der Waals surface area (Å²) in [4.78, 5) is 2.15. The van der Waals surface area contributed by atoms with Crippen molar-refractivity contribution in [3.63, 3.8) is 0 Å². The molecule has 0 fully saturated rings. The first-order valence-electron chi connectivity index (χ1n) is 6.32. The number of rotatable bonds is 4. The molecule has 0 unspecified atom stereocenters. The highest BCUT2D eigenvalue weighted by molar-refractivity contribution is 5.82. The standard InChI is InChI=1S/C16H21NO/c1-12(11-17(2)3)15-7-5-6-13-10-14(18-4)8-9-16(13)15/h7-10H,1,5-6,11H2,2-4H3. The summed E-state index contributed by atoms with van der Waals surface area (Å²) in [5.74, 6) is 0.938. The lowest BCUT2D eigenvalue weighted by Gasteiger charge is -2.22. The van der Waals surface area contributed by atoms with Crippen molar-refractivity contribution < 1.29 is 4.74 Å². The molecular weight excluding hydrogens is 222 g/mol. The van der Waals surface area contributed by atoms with E-state index in [1.165, 1.54) is 22.3 Å².